The summed E-state index contributed by atoms with van der Waals surface area (Å²) in [6.45, 7) is 0. The first-order chi connectivity index (χ1) is 9.24. The van der Waals surface area contributed by atoms with Gasteiger partial charge in [0.1, 0.15) is 0 Å². The van der Waals surface area contributed by atoms with Crippen LogP contribution in [0.5, 0.6) is 0 Å². The molecule has 0 saturated heterocycles. The topological polar surface area (TPSA) is 42.0 Å². The average Bonchev–Trinajstić information content (AvgIpc) is 2.84. The van der Waals surface area contributed by atoms with Crippen molar-refractivity contribution in [3.8, 4) is 0 Å². The number of carbonyl (C=O) groups excluding carboxylic acids is 1. The number of pyridine rings is 1. The maximum Gasteiger partial charge on any atom is 0.253 e. The minimum Gasteiger partial charge on any atom is -0.348 e. The maximum atomic E-state index is 12.2. The molecule has 1 aromatic heterocycles. The van der Waals surface area contributed by atoms with Crippen LogP contribution in [0.1, 0.15) is 29.6 Å². The molecule has 1 saturated carbocycles. The van der Waals surface area contributed by atoms with Gasteiger partial charge in [0, 0.05) is 22.5 Å². The molecular formula is C15H15BrN2O. The van der Waals surface area contributed by atoms with E-state index in [9.17, 15) is 4.79 Å². The lowest BCUT2D eigenvalue weighted by Gasteiger charge is -2.16. The summed E-state index contributed by atoms with van der Waals surface area (Å²) in [6.07, 6.45) is 4.98. The van der Waals surface area contributed by atoms with Crippen molar-refractivity contribution < 1.29 is 4.79 Å². The van der Waals surface area contributed by atoms with Crippen molar-refractivity contribution in [2.45, 2.75) is 30.1 Å². The number of aromatic nitrogens is 1. The molecule has 1 aromatic carbocycles. The molecule has 0 spiro atoms. The fourth-order valence-corrected chi connectivity index (χ4v) is 3.24. The predicted molar refractivity (Wildman–Crippen MR) is 79.6 cm³/mol. The third-order valence-corrected chi connectivity index (χ3v) is 4.70. The van der Waals surface area contributed by atoms with Gasteiger partial charge in [-0.2, -0.15) is 0 Å². The molecule has 1 amide bonds. The van der Waals surface area contributed by atoms with Crippen molar-refractivity contribution in [2.24, 2.45) is 0 Å². The molecule has 1 fully saturated rings. The van der Waals surface area contributed by atoms with Crippen LogP contribution in [0.2, 0.25) is 0 Å². The summed E-state index contributed by atoms with van der Waals surface area (Å²) in [5.41, 5.74) is 1.54. The Morgan fingerprint density at radius 1 is 1.32 bits per heavy atom. The van der Waals surface area contributed by atoms with Crippen LogP contribution in [0, 0.1) is 0 Å². The zero-order valence-corrected chi connectivity index (χ0v) is 12.1. The van der Waals surface area contributed by atoms with Crippen LogP contribution < -0.4 is 5.32 Å². The molecule has 3 rings (SSSR count). The van der Waals surface area contributed by atoms with Gasteiger partial charge in [-0.15, -0.1) is 0 Å². The summed E-state index contributed by atoms with van der Waals surface area (Å²) < 4.78 is 0. The van der Waals surface area contributed by atoms with Crippen LogP contribution in [0.15, 0.2) is 36.5 Å². The van der Waals surface area contributed by atoms with E-state index < -0.39 is 0 Å². The van der Waals surface area contributed by atoms with Crippen molar-refractivity contribution in [1.82, 2.24) is 10.3 Å². The van der Waals surface area contributed by atoms with Gasteiger partial charge >= 0.3 is 0 Å². The van der Waals surface area contributed by atoms with Crippen molar-refractivity contribution in [1.29, 1.82) is 0 Å². The van der Waals surface area contributed by atoms with Gasteiger partial charge in [0.05, 0.1) is 11.1 Å². The second-order valence-electron chi connectivity index (χ2n) is 4.94. The highest BCUT2D eigenvalue weighted by atomic mass is 79.9. The molecule has 0 aliphatic heterocycles. The second-order valence-corrected chi connectivity index (χ2v) is 6.12. The number of hydrogen-bond donors (Lipinski definition) is 1. The molecule has 1 aliphatic rings. The number of nitrogens with zero attached hydrogens (tertiary/aromatic N) is 1. The lowest BCUT2D eigenvalue weighted by molar-refractivity contribution is 0.0939. The first-order valence-corrected chi connectivity index (χ1v) is 7.45. The number of para-hydroxylation sites is 1. The molecular weight excluding hydrogens is 304 g/mol. The van der Waals surface area contributed by atoms with Crippen molar-refractivity contribution in [2.75, 3.05) is 0 Å². The summed E-state index contributed by atoms with van der Waals surface area (Å²) in [4.78, 5) is 16.9. The van der Waals surface area contributed by atoms with Gasteiger partial charge in [-0.1, -0.05) is 40.5 Å². The molecule has 19 heavy (non-hydrogen) atoms. The quantitative estimate of drug-likeness (QED) is 0.863. The maximum absolute atomic E-state index is 12.2. The molecule has 2 unspecified atom stereocenters. The SMILES string of the molecule is O=C(NC1CCCC1Br)c1cnc2ccccc2c1. The Bertz CT molecular complexity index is 614. The number of nitrogens with one attached hydrogen (secondary N) is 1. The number of halogens is 1. The van der Waals surface area contributed by atoms with E-state index in [1.54, 1.807) is 6.20 Å². The summed E-state index contributed by atoms with van der Waals surface area (Å²) >= 11 is 3.62. The summed E-state index contributed by atoms with van der Waals surface area (Å²) in [5.74, 6) is -0.0328. The van der Waals surface area contributed by atoms with Gasteiger partial charge in [-0.25, -0.2) is 0 Å². The first kappa shape index (κ1) is 12.6. The number of fused-ring (bicyclic) bond motifs is 1. The smallest absolute Gasteiger partial charge is 0.253 e. The van der Waals surface area contributed by atoms with Crippen molar-refractivity contribution in [3.05, 3.63) is 42.1 Å². The molecule has 4 heteroatoms. The van der Waals surface area contributed by atoms with Gasteiger partial charge in [0.15, 0.2) is 0 Å². The Labute approximate surface area is 120 Å². The van der Waals surface area contributed by atoms with Gasteiger partial charge in [0.25, 0.3) is 5.91 Å². The minimum atomic E-state index is -0.0328. The van der Waals surface area contributed by atoms with E-state index in [1.807, 2.05) is 30.3 Å². The number of benzene rings is 1. The van der Waals surface area contributed by atoms with Crippen molar-refractivity contribution in [3.63, 3.8) is 0 Å². The summed E-state index contributed by atoms with van der Waals surface area (Å²) in [7, 11) is 0. The highest BCUT2D eigenvalue weighted by Gasteiger charge is 2.26. The second kappa shape index (κ2) is 5.29. The van der Waals surface area contributed by atoms with Crippen LogP contribution >= 0.6 is 15.9 Å². The highest BCUT2D eigenvalue weighted by Crippen LogP contribution is 2.25. The Morgan fingerprint density at radius 3 is 2.95 bits per heavy atom. The molecule has 2 aromatic rings. The molecule has 1 N–H and O–H groups in total. The lowest BCUT2D eigenvalue weighted by atomic mass is 10.1. The molecule has 1 aliphatic carbocycles. The van der Waals surface area contributed by atoms with E-state index in [2.05, 4.69) is 26.2 Å². The zero-order chi connectivity index (χ0) is 13.2. The molecule has 3 nitrogen and oxygen atoms in total. The molecule has 2 atom stereocenters. The fourth-order valence-electron chi connectivity index (χ4n) is 2.52. The summed E-state index contributed by atoms with van der Waals surface area (Å²) in [6, 6.07) is 9.96. The molecule has 1 heterocycles. The van der Waals surface area contributed by atoms with Crippen LogP contribution in [-0.4, -0.2) is 21.8 Å². The van der Waals surface area contributed by atoms with Crippen LogP contribution in [0.3, 0.4) is 0 Å². The Balaban J connectivity index is 1.81. The third-order valence-electron chi connectivity index (χ3n) is 3.60. The zero-order valence-electron chi connectivity index (χ0n) is 10.5. The van der Waals surface area contributed by atoms with Gasteiger partial charge in [-0.3, -0.25) is 9.78 Å². The summed E-state index contributed by atoms with van der Waals surface area (Å²) in [5, 5.41) is 4.08. The van der Waals surface area contributed by atoms with Gasteiger partial charge < -0.3 is 5.32 Å². The van der Waals surface area contributed by atoms with E-state index in [-0.39, 0.29) is 11.9 Å². The van der Waals surface area contributed by atoms with Gasteiger partial charge in [0.2, 0.25) is 0 Å². The van der Waals surface area contributed by atoms with Crippen molar-refractivity contribution >= 4 is 32.7 Å². The third kappa shape index (κ3) is 2.63. The van der Waals surface area contributed by atoms with E-state index in [4.69, 9.17) is 0 Å². The standard InChI is InChI=1S/C15H15BrN2O/c16-12-5-3-7-14(12)18-15(19)11-8-10-4-1-2-6-13(10)17-9-11/h1-2,4,6,8-9,12,14H,3,5,7H2,(H,18,19). The van der Waals surface area contributed by atoms with E-state index in [1.165, 1.54) is 0 Å². The van der Waals surface area contributed by atoms with E-state index in [0.29, 0.717) is 10.4 Å². The van der Waals surface area contributed by atoms with Crippen LogP contribution in [0.25, 0.3) is 10.9 Å². The first-order valence-electron chi connectivity index (χ1n) is 6.54. The number of alkyl halides is 1. The predicted octanol–water partition coefficient (Wildman–Crippen LogP) is 3.28. The molecule has 98 valence electrons. The van der Waals surface area contributed by atoms with Crippen LogP contribution in [0.4, 0.5) is 0 Å². The number of rotatable bonds is 2. The van der Waals surface area contributed by atoms with E-state index >= 15 is 0 Å². The Morgan fingerprint density at radius 2 is 2.16 bits per heavy atom. The average molecular weight is 319 g/mol. The van der Waals surface area contributed by atoms with E-state index in [0.717, 1.165) is 30.2 Å². The van der Waals surface area contributed by atoms with Crippen LogP contribution in [-0.2, 0) is 0 Å². The fraction of sp³-hybridized carbons (Fsp3) is 0.333. The Kier molecular flexibility index (Phi) is 3.51. The Hall–Kier alpha value is -1.42. The molecule has 0 bridgehead atoms. The molecule has 0 radical (unpaired) electrons. The highest BCUT2D eigenvalue weighted by molar-refractivity contribution is 9.09. The monoisotopic (exact) mass is 318 g/mol. The normalized spacial score (nSPS) is 22.6. The number of amides is 1. The number of carbonyl (C=O) groups is 1. The lowest BCUT2D eigenvalue weighted by Crippen LogP contribution is -2.37. The minimum absolute atomic E-state index is 0.0328. The number of hydrogen-bond acceptors (Lipinski definition) is 2. The van der Waals surface area contributed by atoms with Gasteiger partial charge in [-0.05, 0) is 25.0 Å². The largest absolute Gasteiger partial charge is 0.348 e.